The molecule has 0 spiro atoms. The van der Waals surface area contributed by atoms with E-state index in [2.05, 4.69) is 20.3 Å². The minimum Gasteiger partial charge on any atom is -0.453 e. The Bertz CT molecular complexity index is 599. The summed E-state index contributed by atoms with van der Waals surface area (Å²) in [6.45, 7) is 4.10. The fourth-order valence-electron chi connectivity index (χ4n) is 3.56. The second-order valence-electron chi connectivity index (χ2n) is 6.62. The number of hydrogen-bond donors (Lipinski definition) is 2. The molecule has 7 nitrogen and oxygen atoms in total. The molecule has 0 bridgehead atoms. The van der Waals surface area contributed by atoms with E-state index < -0.39 is 6.09 Å². The molecule has 1 unspecified atom stereocenters. The Hall–Kier alpha value is -2.28. The van der Waals surface area contributed by atoms with Crippen LogP contribution in [0.4, 0.5) is 21.0 Å². The van der Waals surface area contributed by atoms with Gasteiger partial charge in [-0.15, -0.1) is 0 Å². The first kappa shape index (κ1) is 17.5. The number of carbonyl (C=O) groups is 2. The van der Waals surface area contributed by atoms with Gasteiger partial charge in [-0.1, -0.05) is 0 Å². The molecule has 25 heavy (non-hydrogen) atoms. The summed E-state index contributed by atoms with van der Waals surface area (Å²) in [5.41, 5.74) is 1.34. The van der Waals surface area contributed by atoms with Crippen LogP contribution in [0.5, 0.6) is 0 Å². The highest BCUT2D eigenvalue weighted by Crippen LogP contribution is 2.22. The number of rotatable bonds is 4. The van der Waals surface area contributed by atoms with Crippen molar-refractivity contribution in [3.63, 3.8) is 0 Å². The van der Waals surface area contributed by atoms with E-state index in [0.29, 0.717) is 17.4 Å². The predicted octanol–water partition coefficient (Wildman–Crippen LogP) is 2.96. The maximum absolute atomic E-state index is 12.6. The average Bonchev–Trinajstić information content (AvgIpc) is 3.29. The summed E-state index contributed by atoms with van der Waals surface area (Å²) >= 11 is 0. The Morgan fingerprint density at radius 2 is 1.68 bits per heavy atom. The first-order chi connectivity index (χ1) is 12.2. The van der Waals surface area contributed by atoms with Crippen molar-refractivity contribution in [2.45, 2.75) is 31.7 Å². The molecule has 0 radical (unpaired) electrons. The van der Waals surface area contributed by atoms with Gasteiger partial charge in [-0.2, -0.15) is 0 Å². The zero-order valence-electron chi connectivity index (χ0n) is 14.7. The van der Waals surface area contributed by atoms with E-state index in [-0.39, 0.29) is 6.03 Å². The van der Waals surface area contributed by atoms with Crippen LogP contribution in [0, 0.1) is 0 Å². The largest absolute Gasteiger partial charge is 0.453 e. The fourth-order valence-corrected chi connectivity index (χ4v) is 3.56. The maximum Gasteiger partial charge on any atom is 0.411 e. The van der Waals surface area contributed by atoms with E-state index in [0.717, 1.165) is 39.0 Å². The van der Waals surface area contributed by atoms with E-state index >= 15 is 0 Å². The number of nitrogens with one attached hydrogen (secondary N) is 2. The number of urea groups is 1. The SMILES string of the molecule is COC(=O)Nc1ccc(NC(=O)N2CCCC2CN2CCCC2)cc1. The molecule has 1 aromatic rings. The van der Waals surface area contributed by atoms with Gasteiger partial charge in [-0.25, -0.2) is 9.59 Å². The zero-order chi connectivity index (χ0) is 17.6. The third-order valence-corrected chi connectivity index (χ3v) is 4.87. The molecule has 2 saturated heterocycles. The molecule has 0 saturated carbocycles. The van der Waals surface area contributed by atoms with Crippen LogP contribution < -0.4 is 10.6 Å². The van der Waals surface area contributed by atoms with Crippen molar-refractivity contribution in [3.8, 4) is 0 Å². The Morgan fingerprint density at radius 1 is 1.04 bits per heavy atom. The molecule has 1 aromatic carbocycles. The number of carbonyl (C=O) groups excluding carboxylic acids is 2. The van der Waals surface area contributed by atoms with Crippen molar-refractivity contribution in [1.29, 1.82) is 0 Å². The molecular weight excluding hydrogens is 320 g/mol. The molecular formula is C18H26N4O3. The van der Waals surface area contributed by atoms with Crippen LogP contribution in [-0.2, 0) is 4.74 Å². The van der Waals surface area contributed by atoms with E-state index in [1.807, 2.05) is 4.90 Å². The zero-order valence-corrected chi connectivity index (χ0v) is 14.7. The summed E-state index contributed by atoms with van der Waals surface area (Å²) in [7, 11) is 1.32. The predicted molar refractivity (Wildman–Crippen MR) is 96.9 cm³/mol. The Labute approximate surface area is 148 Å². The van der Waals surface area contributed by atoms with Gasteiger partial charge in [0.1, 0.15) is 0 Å². The average molecular weight is 346 g/mol. The van der Waals surface area contributed by atoms with Gasteiger partial charge in [0.15, 0.2) is 0 Å². The first-order valence-electron chi connectivity index (χ1n) is 8.91. The van der Waals surface area contributed by atoms with Gasteiger partial charge in [0.2, 0.25) is 0 Å². The summed E-state index contributed by atoms with van der Waals surface area (Å²) < 4.78 is 4.55. The number of likely N-dealkylation sites (tertiary alicyclic amines) is 2. The summed E-state index contributed by atoms with van der Waals surface area (Å²) in [5.74, 6) is 0. The smallest absolute Gasteiger partial charge is 0.411 e. The summed E-state index contributed by atoms with van der Waals surface area (Å²) in [5, 5.41) is 5.54. The normalized spacial score (nSPS) is 20.5. The van der Waals surface area contributed by atoms with Gasteiger partial charge in [-0.3, -0.25) is 5.32 Å². The van der Waals surface area contributed by atoms with Crippen molar-refractivity contribution in [3.05, 3.63) is 24.3 Å². The van der Waals surface area contributed by atoms with Crippen molar-refractivity contribution < 1.29 is 14.3 Å². The van der Waals surface area contributed by atoms with Gasteiger partial charge >= 0.3 is 12.1 Å². The highest BCUT2D eigenvalue weighted by Gasteiger charge is 2.30. The second kappa shape index (κ2) is 8.20. The molecule has 2 aliphatic rings. The highest BCUT2D eigenvalue weighted by molar-refractivity contribution is 5.90. The number of ether oxygens (including phenoxy) is 1. The Balaban J connectivity index is 1.54. The number of hydrogen-bond acceptors (Lipinski definition) is 4. The van der Waals surface area contributed by atoms with Crippen LogP contribution in [0.2, 0.25) is 0 Å². The maximum atomic E-state index is 12.6. The molecule has 0 aliphatic carbocycles. The lowest BCUT2D eigenvalue weighted by atomic mass is 10.2. The fraction of sp³-hybridized carbons (Fsp3) is 0.556. The van der Waals surface area contributed by atoms with Gasteiger partial charge in [0, 0.05) is 30.5 Å². The van der Waals surface area contributed by atoms with E-state index in [4.69, 9.17) is 0 Å². The number of methoxy groups -OCH3 is 1. The van der Waals surface area contributed by atoms with Crippen molar-refractivity contribution in [1.82, 2.24) is 9.80 Å². The second-order valence-corrected chi connectivity index (χ2v) is 6.62. The van der Waals surface area contributed by atoms with E-state index in [1.54, 1.807) is 24.3 Å². The van der Waals surface area contributed by atoms with Crippen molar-refractivity contribution >= 4 is 23.5 Å². The topological polar surface area (TPSA) is 73.9 Å². The minimum atomic E-state index is -0.515. The first-order valence-corrected chi connectivity index (χ1v) is 8.91. The van der Waals surface area contributed by atoms with Crippen LogP contribution in [0.25, 0.3) is 0 Å². The molecule has 0 aromatic heterocycles. The molecule has 3 rings (SSSR count). The van der Waals surface area contributed by atoms with Gasteiger partial charge < -0.3 is 19.9 Å². The third kappa shape index (κ3) is 4.63. The number of amides is 3. The number of benzene rings is 1. The lowest BCUT2D eigenvalue weighted by molar-refractivity contribution is 0.186. The van der Waals surface area contributed by atoms with E-state index in [9.17, 15) is 9.59 Å². The molecule has 2 N–H and O–H groups in total. The monoisotopic (exact) mass is 346 g/mol. The molecule has 2 aliphatic heterocycles. The minimum absolute atomic E-state index is 0.0459. The number of anilines is 2. The number of nitrogens with zero attached hydrogens (tertiary/aromatic N) is 2. The quantitative estimate of drug-likeness (QED) is 0.879. The standard InChI is InChI=1S/C18H26N4O3/c1-25-18(24)20-15-8-6-14(7-9-15)19-17(23)22-12-4-5-16(22)13-21-10-2-3-11-21/h6-9,16H,2-5,10-13H2,1H3,(H,19,23)(H,20,24). The van der Waals surface area contributed by atoms with E-state index in [1.165, 1.54) is 20.0 Å². The molecule has 1 atom stereocenters. The highest BCUT2D eigenvalue weighted by atomic mass is 16.5. The molecule has 136 valence electrons. The summed E-state index contributed by atoms with van der Waals surface area (Å²) in [4.78, 5) is 28.2. The van der Waals surface area contributed by atoms with Gasteiger partial charge in [0.25, 0.3) is 0 Å². The summed E-state index contributed by atoms with van der Waals surface area (Å²) in [6.07, 6.45) is 4.16. The van der Waals surface area contributed by atoms with Crippen molar-refractivity contribution in [2.75, 3.05) is 43.9 Å². The van der Waals surface area contributed by atoms with Crippen LogP contribution in [0.3, 0.4) is 0 Å². The lowest BCUT2D eigenvalue weighted by Crippen LogP contribution is -2.44. The molecule has 3 amide bonds. The third-order valence-electron chi connectivity index (χ3n) is 4.87. The Morgan fingerprint density at radius 3 is 2.32 bits per heavy atom. The van der Waals surface area contributed by atoms with Gasteiger partial charge in [0.05, 0.1) is 7.11 Å². The van der Waals surface area contributed by atoms with Crippen LogP contribution in [0.1, 0.15) is 25.7 Å². The van der Waals surface area contributed by atoms with Crippen molar-refractivity contribution in [2.24, 2.45) is 0 Å². The van der Waals surface area contributed by atoms with Crippen LogP contribution >= 0.6 is 0 Å². The summed E-state index contributed by atoms with van der Waals surface area (Å²) in [6, 6.07) is 7.27. The van der Waals surface area contributed by atoms with Crippen LogP contribution in [-0.4, -0.2) is 61.3 Å². The molecule has 7 heteroatoms. The molecule has 2 heterocycles. The lowest BCUT2D eigenvalue weighted by Gasteiger charge is -2.28. The molecule has 2 fully saturated rings. The van der Waals surface area contributed by atoms with Crippen LogP contribution in [0.15, 0.2) is 24.3 Å². The van der Waals surface area contributed by atoms with Gasteiger partial charge in [-0.05, 0) is 63.0 Å². The Kier molecular flexibility index (Phi) is 5.75.